The number of nitrogens with one attached hydrogen (secondary N) is 3. The molecule has 2 saturated heterocycles. The minimum absolute atomic E-state index is 0.185. The molecule has 0 amide bonds. The number of rotatable bonds is 7. The van der Waals surface area contributed by atoms with Gasteiger partial charge in [0.2, 0.25) is 5.95 Å². The number of aryl methyl sites for hydroxylation is 1. The maximum atomic E-state index is 14.6. The molecular formula is C31H42N12O4S. The largest absolute Gasteiger partial charge is 0.489 e. The van der Waals surface area contributed by atoms with Gasteiger partial charge in [0.25, 0.3) is 11.5 Å². The zero-order valence-corrected chi connectivity index (χ0v) is 28.5. The number of hydrazine groups is 2. The van der Waals surface area contributed by atoms with Crippen LogP contribution in [0.3, 0.4) is 0 Å². The Balaban J connectivity index is 1.25. The van der Waals surface area contributed by atoms with E-state index in [0.29, 0.717) is 65.7 Å². The van der Waals surface area contributed by atoms with E-state index in [4.69, 9.17) is 14.8 Å². The van der Waals surface area contributed by atoms with Crippen LogP contribution in [0.15, 0.2) is 46.4 Å². The van der Waals surface area contributed by atoms with Gasteiger partial charge in [-0.15, -0.1) is 21.4 Å². The van der Waals surface area contributed by atoms with Crippen molar-refractivity contribution < 1.29 is 13.8 Å². The molecule has 0 bridgehead atoms. The summed E-state index contributed by atoms with van der Waals surface area (Å²) in [6, 6.07) is 9.33. The number of nitrogens with zero attached hydrogens (tertiary/aromatic N) is 9. The summed E-state index contributed by atoms with van der Waals surface area (Å²) in [4.78, 5) is 26.4. The Morgan fingerprint density at radius 1 is 1.06 bits per heavy atom. The molecule has 0 aliphatic carbocycles. The molecule has 7 rings (SSSR count). The van der Waals surface area contributed by atoms with Crippen LogP contribution in [0.1, 0.15) is 36.7 Å². The van der Waals surface area contributed by atoms with Crippen LogP contribution in [0.5, 0.6) is 5.75 Å². The molecule has 16 nitrogen and oxygen atoms in total. The zero-order valence-electron chi connectivity index (χ0n) is 27.7. The zero-order chi connectivity index (χ0) is 33.7. The number of benzene rings is 1. The first-order valence-corrected chi connectivity index (χ1v) is 17.9. The van der Waals surface area contributed by atoms with Gasteiger partial charge in [0, 0.05) is 68.4 Å². The lowest BCUT2D eigenvalue weighted by molar-refractivity contribution is 0.208. The number of ether oxygens (including phenoxy) is 1. The first-order valence-electron chi connectivity index (χ1n) is 16.0. The van der Waals surface area contributed by atoms with Crippen LogP contribution >= 0.6 is 10.8 Å². The maximum Gasteiger partial charge on any atom is 0.261 e. The van der Waals surface area contributed by atoms with Gasteiger partial charge in [-0.05, 0) is 70.5 Å². The predicted octanol–water partition coefficient (Wildman–Crippen LogP) is 3.10. The van der Waals surface area contributed by atoms with Gasteiger partial charge in [-0.2, -0.15) is 10.1 Å². The maximum absolute atomic E-state index is 14.6. The molecule has 48 heavy (non-hydrogen) atoms. The van der Waals surface area contributed by atoms with Crippen molar-refractivity contribution in [2.24, 2.45) is 5.10 Å². The summed E-state index contributed by atoms with van der Waals surface area (Å²) >= 11 is 0. The Bertz CT molecular complexity index is 1910. The van der Waals surface area contributed by atoms with Crippen molar-refractivity contribution in [3.63, 3.8) is 0 Å². The number of fused-ring (bicyclic) bond motifs is 1. The fourth-order valence-electron chi connectivity index (χ4n) is 6.77. The Kier molecular flexibility index (Phi) is 8.51. The Hall–Kier alpha value is -4.26. The number of hydrazone groups is 1. The van der Waals surface area contributed by atoms with E-state index in [1.165, 1.54) is 6.26 Å². The molecular weight excluding hydrogens is 636 g/mol. The standard InChI is InChI=1S/C31H42N12O4S/c1-19-27(20(2)43(36-19)31-35-37-38-40(31)4)26-16-21-17-32-30(33-22-6-8-24(9-7-22)47-25-12-13-39(3)18-25)34-28(21)42(29(26)44)23-10-14-41(15-11-23)48(5,45)46/h6-9,16-17,23,25,37-38,45-46H,10-15,18H2,1-5H3,(H,32,33,34). The molecule has 256 valence electrons. The molecule has 1 aromatic carbocycles. The van der Waals surface area contributed by atoms with Crippen molar-refractivity contribution in [3.05, 3.63) is 58.3 Å². The van der Waals surface area contributed by atoms with E-state index in [1.54, 1.807) is 24.8 Å². The fraction of sp³-hybridized carbons (Fsp3) is 0.452. The summed E-state index contributed by atoms with van der Waals surface area (Å²) < 4.78 is 31.9. The van der Waals surface area contributed by atoms with E-state index in [2.05, 4.69) is 38.4 Å². The fourth-order valence-corrected chi connectivity index (χ4v) is 7.67. The molecule has 5 N–H and O–H groups in total. The van der Waals surface area contributed by atoms with E-state index >= 15 is 0 Å². The molecule has 0 saturated carbocycles. The van der Waals surface area contributed by atoms with Gasteiger partial charge in [-0.3, -0.25) is 23.5 Å². The van der Waals surface area contributed by atoms with Gasteiger partial charge < -0.3 is 15.0 Å². The highest BCUT2D eigenvalue weighted by Crippen LogP contribution is 2.42. The summed E-state index contributed by atoms with van der Waals surface area (Å²) in [5, 5.41) is 14.7. The van der Waals surface area contributed by atoms with Crippen molar-refractivity contribution in [3.8, 4) is 16.9 Å². The molecule has 1 atom stereocenters. The number of anilines is 2. The second-order valence-corrected chi connectivity index (χ2v) is 14.9. The van der Waals surface area contributed by atoms with E-state index < -0.39 is 10.8 Å². The van der Waals surface area contributed by atoms with Crippen LogP contribution in [0.2, 0.25) is 0 Å². The van der Waals surface area contributed by atoms with Crippen LogP contribution in [-0.2, 0) is 0 Å². The van der Waals surface area contributed by atoms with Gasteiger partial charge in [-0.25, -0.2) is 19.5 Å². The third-order valence-corrected chi connectivity index (χ3v) is 10.6. The van der Waals surface area contributed by atoms with Crippen LogP contribution in [-0.4, -0.2) is 106 Å². The molecule has 6 heterocycles. The number of hydrogen-bond acceptors (Lipinski definition) is 14. The highest BCUT2D eigenvalue weighted by Gasteiger charge is 2.30. The minimum Gasteiger partial charge on any atom is -0.489 e. The molecule has 3 aromatic heterocycles. The van der Waals surface area contributed by atoms with Crippen molar-refractivity contribution in [1.29, 1.82) is 0 Å². The van der Waals surface area contributed by atoms with Gasteiger partial charge in [0.1, 0.15) is 17.5 Å². The third-order valence-electron chi connectivity index (χ3n) is 9.24. The number of likely N-dealkylation sites (N-methyl/N-ethyl adjacent to an activating group) is 1. The molecule has 0 radical (unpaired) electrons. The minimum atomic E-state index is -2.85. The first-order chi connectivity index (χ1) is 23.0. The van der Waals surface area contributed by atoms with Crippen LogP contribution in [0.4, 0.5) is 11.6 Å². The molecule has 3 aliphatic rings. The number of piperidine rings is 1. The molecule has 3 aliphatic heterocycles. The lowest BCUT2D eigenvalue weighted by atomic mass is 10.0. The second kappa shape index (κ2) is 12.6. The Labute approximate surface area is 279 Å². The van der Waals surface area contributed by atoms with Crippen LogP contribution < -0.4 is 26.7 Å². The van der Waals surface area contributed by atoms with Gasteiger partial charge >= 0.3 is 0 Å². The van der Waals surface area contributed by atoms with E-state index in [9.17, 15) is 13.9 Å². The number of hydrogen-bond donors (Lipinski definition) is 5. The van der Waals surface area contributed by atoms with Crippen molar-refractivity contribution in [2.45, 2.75) is 45.3 Å². The molecule has 0 spiro atoms. The summed E-state index contributed by atoms with van der Waals surface area (Å²) in [5.74, 6) is 1.71. The molecule has 17 heteroatoms. The van der Waals surface area contributed by atoms with E-state index in [-0.39, 0.29) is 17.7 Å². The van der Waals surface area contributed by atoms with E-state index in [0.717, 1.165) is 36.6 Å². The monoisotopic (exact) mass is 678 g/mol. The van der Waals surface area contributed by atoms with Crippen molar-refractivity contribution in [2.75, 3.05) is 51.8 Å². The normalized spacial score (nSPS) is 19.9. The van der Waals surface area contributed by atoms with Gasteiger partial charge in [-0.1, -0.05) is 0 Å². The lowest BCUT2D eigenvalue weighted by Crippen LogP contribution is -2.40. The second-order valence-electron chi connectivity index (χ2n) is 12.8. The van der Waals surface area contributed by atoms with Crippen molar-refractivity contribution in [1.82, 2.24) is 49.6 Å². The smallest absolute Gasteiger partial charge is 0.261 e. The lowest BCUT2D eigenvalue weighted by Gasteiger charge is -2.43. The van der Waals surface area contributed by atoms with Gasteiger partial charge in [0.15, 0.2) is 0 Å². The Morgan fingerprint density at radius 3 is 2.46 bits per heavy atom. The highest BCUT2D eigenvalue weighted by molar-refractivity contribution is 8.21. The average molecular weight is 679 g/mol. The summed E-state index contributed by atoms with van der Waals surface area (Å²) in [5.41, 5.74) is 9.36. The first kappa shape index (κ1) is 32.3. The number of aromatic nitrogens is 5. The van der Waals surface area contributed by atoms with Crippen molar-refractivity contribution >= 4 is 39.4 Å². The predicted molar refractivity (Wildman–Crippen MR) is 186 cm³/mol. The topological polar surface area (TPSA) is 173 Å². The summed E-state index contributed by atoms with van der Waals surface area (Å²) in [7, 11) is 1.07. The molecule has 4 aromatic rings. The van der Waals surface area contributed by atoms with Gasteiger partial charge in [0.05, 0.1) is 17.0 Å². The molecule has 1 unspecified atom stereocenters. The number of pyridine rings is 1. The highest BCUT2D eigenvalue weighted by atomic mass is 32.3. The summed E-state index contributed by atoms with van der Waals surface area (Å²) in [6.45, 7) is 6.60. The average Bonchev–Trinajstić information content (AvgIpc) is 3.75. The third kappa shape index (κ3) is 6.20. The van der Waals surface area contributed by atoms with E-state index in [1.807, 2.05) is 51.2 Å². The summed E-state index contributed by atoms with van der Waals surface area (Å²) in [6.07, 6.45) is 5.45. The Morgan fingerprint density at radius 2 is 1.81 bits per heavy atom. The quantitative estimate of drug-likeness (QED) is 0.193. The SMILES string of the molecule is Cc1nn(C2=NNNN2C)c(C)c1-c1cc2cnc(Nc3ccc(OC4CCN(C)C4)cc3)nc2n(C2CCN(S(C)(O)O)CC2)c1=O. The van der Waals surface area contributed by atoms with Crippen LogP contribution in [0, 0.1) is 13.8 Å². The van der Waals surface area contributed by atoms with Crippen LogP contribution in [0.25, 0.3) is 22.2 Å². The molecule has 2 fully saturated rings. The number of likely N-dealkylation sites (tertiary alicyclic amines) is 1.